The molecule has 2 aliphatic heterocycles. The number of nitrogens with one attached hydrogen (secondary N) is 1. The molecule has 0 saturated carbocycles. The van der Waals surface area contributed by atoms with Crippen LogP contribution >= 0.6 is 0 Å². The summed E-state index contributed by atoms with van der Waals surface area (Å²) in [7, 11) is 4.04. The monoisotopic (exact) mass is 542 g/mol. The highest BCUT2D eigenvalue weighted by molar-refractivity contribution is 5.87. The van der Waals surface area contributed by atoms with E-state index in [1.54, 1.807) is 0 Å². The van der Waals surface area contributed by atoms with Crippen molar-refractivity contribution in [3.63, 3.8) is 0 Å². The van der Waals surface area contributed by atoms with Gasteiger partial charge in [-0.3, -0.25) is 9.48 Å². The van der Waals surface area contributed by atoms with Gasteiger partial charge in [0.15, 0.2) is 5.82 Å². The highest BCUT2D eigenvalue weighted by atomic mass is 19.1. The van der Waals surface area contributed by atoms with E-state index in [2.05, 4.69) is 46.2 Å². The molecular formula is C30H35FN8O. The first-order valence-electron chi connectivity index (χ1n) is 14.0. The molecule has 0 bridgehead atoms. The van der Waals surface area contributed by atoms with Gasteiger partial charge in [0.05, 0.1) is 11.7 Å². The van der Waals surface area contributed by atoms with Crippen molar-refractivity contribution in [2.45, 2.75) is 45.6 Å². The fourth-order valence-electron chi connectivity index (χ4n) is 5.98. The number of fused-ring (bicyclic) bond motifs is 2. The van der Waals surface area contributed by atoms with Crippen molar-refractivity contribution in [2.24, 2.45) is 13.0 Å². The molecule has 5 heterocycles. The van der Waals surface area contributed by atoms with Crippen LogP contribution in [0.2, 0.25) is 0 Å². The van der Waals surface area contributed by atoms with Gasteiger partial charge in [-0.05, 0) is 62.7 Å². The first-order valence-corrected chi connectivity index (χ1v) is 14.0. The average molecular weight is 543 g/mol. The van der Waals surface area contributed by atoms with Gasteiger partial charge in [0.1, 0.15) is 11.5 Å². The van der Waals surface area contributed by atoms with Crippen molar-refractivity contribution in [3.8, 4) is 11.3 Å². The second kappa shape index (κ2) is 10.6. The van der Waals surface area contributed by atoms with Gasteiger partial charge in [0.2, 0.25) is 11.9 Å². The molecule has 1 fully saturated rings. The molecule has 0 unspecified atom stereocenters. The summed E-state index contributed by atoms with van der Waals surface area (Å²) in [5, 5.41) is 8.73. The number of aromatic nitrogens is 5. The van der Waals surface area contributed by atoms with Crippen LogP contribution in [0.4, 0.5) is 16.2 Å². The van der Waals surface area contributed by atoms with E-state index >= 15 is 0 Å². The van der Waals surface area contributed by atoms with E-state index in [9.17, 15) is 9.18 Å². The minimum Gasteiger partial charge on any atom is -0.338 e. The number of anilines is 2. The Morgan fingerprint density at radius 1 is 1.07 bits per heavy atom. The first-order chi connectivity index (χ1) is 19.3. The van der Waals surface area contributed by atoms with E-state index in [4.69, 9.17) is 4.98 Å². The van der Waals surface area contributed by atoms with Crippen LogP contribution in [0.15, 0.2) is 36.5 Å². The summed E-state index contributed by atoms with van der Waals surface area (Å²) in [5.74, 6) is 1.02. The van der Waals surface area contributed by atoms with E-state index in [0.717, 1.165) is 53.8 Å². The van der Waals surface area contributed by atoms with Crippen LogP contribution in [-0.2, 0) is 24.8 Å². The molecule has 40 heavy (non-hydrogen) atoms. The van der Waals surface area contributed by atoms with Gasteiger partial charge < -0.3 is 15.1 Å². The summed E-state index contributed by atoms with van der Waals surface area (Å²) in [6.45, 7) is 7.44. The Balaban J connectivity index is 1.20. The predicted molar refractivity (Wildman–Crippen MR) is 153 cm³/mol. The standard InChI is InChI=1S/C30H35FN8O/c1-18(2)28-22-15-20(5-7-25(22)36-38(28)4)27-23(31)16-32-30(35-27)34-26-8-6-21-17-39(14-11-24(21)33-26)29(40)19-9-12-37(3)13-10-19/h5-8,15-16,18-19H,9-14,17H2,1-4H3,(H,32,33,34,35). The molecular weight excluding hydrogens is 507 g/mol. The van der Waals surface area contributed by atoms with E-state index in [0.29, 0.717) is 30.9 Å². The zero-order valence-corrected chi connectivity index (χ0v) is 23.5. The minimum atomic E-state index is -0.493. The quantitative estimate of drug-likeness (QED) is 0.392. The molecule has 3 aromatic heterocycles. The zero-order chi connectivity index (χ0) is 28.0. The van der Waals surface area contributed by atoms with Crippen LogP contribution in [0.3, 0.4) is 0 Å². The van der Waals surface area contributed by atoms with Gasteiger partial charge >= 0.3 is 0 Å². The number of amides is 1. The number of halogens is 1. The Hall–Kier alpha value is -3.92. The maximum absolute atomic E-state index is 14.9. The Labute approximate surface area is 233 Å². The SMILES string of the molecule is CC(C)c1c2cc(-c3nc(Nc4ccc5c(n4)CCN(C(=O)C4CCN(C)CC4)C5)ncc3F)ccc2nn1C. The van der Waals surface area contributed by atoms with Crippen LogP contribution in [0.1, 0.15) is 49.6 Å². The Morgan fingerprint density at radius 2 is 1.88 bits per heavy atom. The van der Waals surface area contributed by atoms with E-state index in [1.807, 2.05) is 47.0 Å². The highest BCUT2D eigenvalue weighted by Gasteiger charge is 2.30. The van der Waals surface area contributed by atoms with Crippen molar-refractivity contribution >= 4 is 28.6 Å². The summed E-state index contributed by atoms with van der Waals surface area (Å²) < 4.78 is 16.8. The third-order valence-corrected chi connectivity index (χ3v) is 8.11. The predicted octanol–water partition coefficient (Wildman–Crippen LogP) is 4.66. The van der Waals surface area contributed by atoms with E-state index in [-0.39, 0.29) is 29.4 Å². The molecule has 1 saturated heterocycles. The zero-order valence-electron chi connectivity index (χ0n) is 23.5. The molecule has 10 heteroatoms. The van der Waals surface area contributed by atoms with Gasteiger partial charge in [0, 0.05) is 54.8 Å². The number of carbonyl (C=O) groups is 1. The molecule has 1 N–H and O–H groups in total. The Bertz CT molecular complexity index is 1570. The lowest BCUT2D eigenvalue weighted by atomic mass is 9.94. The van der Waals surface area contributed by atoms with Gasteiger partial charge in [-0.1, -0.05) is 26.0 Å². The van der Waals surface area contributed by atoms with Crippen LogP contribution in [0, 0.1) is 11.7 Å². The number of likely N-dealkylation sites (tertiary alicyclic amines) is 1. The third kappa shape index (κ3) is 5.03. The van der Waals surface area contributed by atoms with Crippen molar-refractivity contribution in [3.05, 3.63) is 59.3 Å². The Kier molecular flexibility index (Phi) is 6.95. The first kappa shape index (κ1) is 26.3. The number of benzene rings is 1. The van der Waals surface area contributed by atoms with Crippen molar-refractivity contribution in [1.29, 1.82) is 0 Å². The summed E-state index contributed by atoms with van der Waals surface area (Å²) in [5.41, 5.74) is 4.87. The molecule has 0 aliphatic carbocycles. The van der Waals surface area contributed by atoms with Gasteiger partial charge in [0.25, 0.3) is 0 Å². The van der Waals surface area contributed by atoms with Gasteiger partial charge in [-0.25, -0.2) is 19.3 Å². The summed E-state index contributed by atoms with van der Waals surface area (Å²) in [6.07, 6.45) is 3.73. The number of hydrogen-bond acceptors (Lipinski definition) is 7. The van der Waals surface area contributed by atoms with E-state index < -0.39 is 5.82 Å². The molecule has 0 atom stereocenters. The molecule has 208 valence electrons. The maximum Gasteiger partial charge on any atom is 0.229 e. The fraction of sp³-hybridized carbons (Fsp3) is 0.433. The minimum absolute atomic E-state index is 0.118. The number of pyridine rings is 1. The molecule has 1 aromatic carbocycles. The fourth-order valence-corrected chi connectivity index (χ4v) is 5.98. The lowest BCUT2D eigenvalue weighted by Gasteiger charge is -2.34. The number of piperidine rings is 1. The lowest BCUT2D eigenvalue weighted by Crippen LogP contribution is -2.43. The summed E-state index contributed by atoms with van der Waals surface area (Å²) in [6, 6.07) is 9.56. The Morgan fingerprint density at radius 3 is 2.65 bits per heavy atom. The topological polar surface area (TPSA) is 92.1 Å². The third-order valence-electron chi connectivity index (χ3n) is 8.11. The highest BCUT2D eigenvalue weighted by Crippen LogP contribution is 2.31. The smallest absolute Gasteiger partial charge is 0.229 e. The number of carbonyl (C=O) groups excluding carboxylic acids is 1. The van der Waals surface area contributed by atoms with Crippen LogP contribution in [0.5, 0.6) is 0 Å². The second-order valence-electron chi connectivity index (χ2n) is 11.3. The summed E-state index contributed by atoms with van der Waals surface area (Å²) >= 11 is 0. The second-order valence-corrected chi connectivity index (χ2v) is 11.3. The van der Waals surface area contributed by atoms with Crippen LogP contribution in [0.25, 0.3) is 22.2 Å². The van der Waals surface area contributed by atoms with Crippen molar-refractivity contribution < 1.29 is 9.18 Å². The molecule has 6 rings (SSSR count). The molecule has 9 nitrogen and oxygen atoms in total. The van der Waals surface area contributed by atoms with E-state index in [1.165, 1.54) is 6.20 Å². The molecule has 1 amide bonds. The number of nitrogens with zero attached hydrogens (tertiary/aromatic N) is 7. The maximum atomic E-state index is 14.9. The van der Waals surface area contributed by atoms with Gasteiger partial charge in [-0.2, -0.15) is 5.10 Å². The van der Waals surface area contributed by atoms with Crippen LogP contribution in [-0.4, -0.2) is 67.1 Å². The lowest BCUT2D eigenvalue weighted by molar-refractivity contribution is -0.138. The number of rotatable bonds is 5. The molecule has 0 spiro atoms. The van der Waals surface area contributed by atoms with Crippen LogP contribution < -0.4 is 5.32 Å². The molecule has 2 aliphatic rings. The van der Waals surface area contributed by atoms with Gasteiger partial charge in [-0.15, -0.1) is 0 Å². The van der Waals surface area contributed by atoms with Crippen molar-refractivity contribution in [1.82, 2.24) is 34.5 Å². The normalized spacial score (nSPS) is 16.5. The number of hydrogen-bond donors (Lipinski definition) is 1. The number of aryl methyl sites for hydroxylation is 1. The molecule has 0 radical (unpaired) electrons. The molecule has 4 aromatic rings. The average Bonchev–Trinajstić information content (AvgIpc) is 3.29. The largest absolute Gasteiger partial charge is 0.338 e. The summed E-state index contributed by atoms with van der Waals surface area (Å²) in [4.78, 5) is 30.8. The van der Waals surface area contributed by atoms with Crippen molar-refractivity contribution in [2.75, 3.05) is 32.0 Å².